The second kappa shape index (κ2) is 8.69. The van der Waals surface area contributed by atoms with E-state index < -0.39 is 29.5 Å². The van der Waals surface area contributed by atoms with E-state index in [0.29, 0.717) is 30.1 Å². The van der Waals surface area contributed by atoms with Gasteiger partial charge in [-0.15, -0.1) is 5.10 Å². The molecular formula is C20H27ClN6O3. The minimum atomic E-state index is -1.16. The fourth-order valence-electron chi connectivity index (χ4n) is 3.57. The van der Waals surface area contributed by atoms with E-state index in [-0.39, 0.29) is 5.91 Å². The van der Waals surface area contributed by atoms with Crippen molar-refractivity contribution >= 4 is 23.4 Å². The molecule has 9 nitrogen and oxygen atoms in total. The summed E-state index contributed by atoms with van der Waals surface area (Å²) in [5, 5.41) is 25.1. The zero-order chi connectivity index (χ0) is 22.1. The first-order chi connectivity index (χ1) is 14.1. The quantitative estimate of drug-likeness (QED) is 0.742. The molecule has 30 heavy (non-hydrogen) atoms. The van der Waals surface area contributed by atoms with Gasteiger partial charge in [0.05, 0.1) is 11.7 Å². The molecule has 1 aromatic carbocycles. The second-order valence-corrected chi connectivity index (χ2v) is 9.08. The van der Waals surface area contributed by atoms with Gasteiger partial charge in [0.2, 0.25) is 5.91 Å². The summed E-state index contributed by atoms with van der Waals surface area (Å²) in [6.07, 6.45) is 1.56. The Morgan fingerprint density at radius 1 is 1.33 bits per heavy atom. The monoisotopic (exact) mass is 434 g/mol. The number of aromatic nitrogens is 4. The Morgan fingerprint density at radius 3 is 2.70 bits per heavy atom. The largest absolute Gasteiger partial charge is 0.383 e. The predicted octanol–water partition coefficient (Wildman–Crippen LogP) is 1.89. The van der Waals surface area contributed by atoms with E-state index in [4.69, 9.17) is 11.6 Å². The van der Waals surface area contributed by atoms with Crippen molar-refractivity contribution in [3.05, 3.63) is 35.1 Å². The summed E-state index contributed by atoms with van der Waals surface area (Å²) < 4.78 is 1.50. The molecule has 1 aliphatic rings. The smallest absolute Gasteiger partial charge is 0.252 e. The van der Waals surface area contributed by atoms with E-state index in [0.717, 1.165) is 5.56 Å². The maximum absolute atomic E-state index is 13.0. The van der Waals surface area contributed by atoms with Crippen molar-refractivity contribution < 1.29 is 14.7 Å². The van der Waals surface area contributed by atoms with Gasteiger partial charge in [-0.3, -0.25) is 9.59 Å². The van der Waals surface area contributed by atoms with Crippen LogP contribution in [0, 0.1) is 5.41 Å². The molecule has 0 aliphatic carbocycles. The van der Waals surface area contributed by atoms with Crippen molar-refractivity contribution in [2.24, 2.45) is 5.41 Å². The number of likely N-dealkylation sites (tertiary alicyclic amines) is 1. The first-order valence-corrected chi connectivity index (χ1v) is 10.3. The third-order valence-electron chi connectivity index (χ3n) is 5.30. The van der Waals surface area contributed by atoms with Gasteiger partial charge in [-0.05, 0) is 53.8 Å². The first kappa shape index (κ1) is 22.2. The molecule has 2 N–H and O–H groups in total. The molecule has 3 rings (SSSR count). The molecule has 0 radical (unpaired) electrons. The van der Waals surface area contributed by atoms with Crippen molar-refractivity contribution in [2.75, 3.05) is 6.54 Å². The Labute approximate surface area is 180 Å². The maximum Gasteiger partial charge on any atom is 0.252 e. The van der Waals surface area contributed by atoms with Crippen LogP contribution in [0.1, 0.15) is 52.1 Å². The van der Waals surface area contributed by atoms with Crippen molar-refractivity contribution in [2.45, 2.75) is 58.7 Å². The van der Waals surface area contributed by atoms with E-state index in [9.17, 15) is 14.7 Å². The number of rotatable bonds is 5. The third kappa shape index (κ3) is 4.62. The van der Waals surface area contributed by atoms with Crippen molar-refractivity contribution in [3.8, 4) is 5.69 Å². The highest BCUT2D eigenvalue weighted by Gasteiger charge is 2.40. The minimum Gasteiger partial charge on any atom is -0.383 e. The molecular weight excluding hydrogens is 408 g/mol. The van der Waals surface area contributed by atoms with Crippen LogP contribution < -0.4 is 5.32 Å². The summed E-state index contributed by atoms with van der Waals surface area (Å²) in [6, 6.07) is 4.24. The molecule has 1 fully saturated rings. The van der Waals surface area contributed by atoms with Gasteiger partial charge in [0.25, 0.3) is 5.91 Å². The molecule has 0 saturated carbocycles. The summed E-state index contributed by atoms with van der Waals surface area (Å²) in [5.74, 6) is -0.679. The first-order valence-electron chi connectivity index (χ1n) is 9.91. The zero-order valence-electron chi connectivity index (χ0n) is 17.5. The summed E-state index contributed by atoms with van der Waals surface area (Å²) in [6.45, 7) is 7.67. The SMILES string of the molecule is CC(NC(=O)[C@@H]1CCCN1C(=O)[C@H](O)C(C)(C)C)c1cc(Cl)ccc1-n1cnnn1. The van der Waals surface area contributed by atoms with Gasteiger partial charge in [-0.2, -0.15) is 0 Å². The molecule has 3 atom stereocenters. The van der Waals surface area contributed by atoms with Crippen LogP contribution in [0.25, 0.3) is 5.69 Å². The van der Waals surface area contributed by atoms with Gasteiger partial charge in [-0.1, -0.05) is 32.4 Å². The fourth-order valence-corrected chi connectivity index (χ4v) is 3.75. The number of aliphatic hydroxyl groups is 1. The lowest BCUT2D eigenvalue weighted by Gasteiger charge is -2.32. The summed E-state index contributed by atoms with van der Waals surface area (Å²) >= 11 is 6.17. The Bertz CT molecular complexity index is 912. The van der Waals surface area contributed by atoms with Gasteiger partial charge in [0.15, 0.2) is 0 Å². The highest BCUT2D eigenvalue weighted by Crippen LogP contribution is 2.28. The van der Waals surface area contributed by atoms with Crippen LogP contribution in [-0.4, -0.2) is 60.7 Å². The van der Waals surface area contributed by atoms with E-state index in [1.165, 1.54) is 15.9 Å². The lowest BCUT2D eigenvalue weighted by molar-refractivity contribution is -0.150. The molecule has 1 aliphatic heterocycles. The lowest BCUT2D eigenvalue weighted by atomic mass is 9.88. The van der Waals surface area contributed by atoms with Gasteiger partial charge in [-0.25, -0.2) is 4.68 Å². The number of aliphatic hydroxyl groups excluding tert-OH is 1. The molecule has 2 amide bonds. The Balaban J connectivity index is 1.78. The van der Waals surface area contributed by atoms with Crippen LogP contribution in [0.4, 0.5) is 0 Å². The maximum atomic E-state index is 13.0. The highest BCUT2D eigenvalue weighted by atomic mass is 35.5. The molecule has 2 heterocycles. The summed E-state index contributed by atoms with van der Waals surface area (Å²) in [4.78, 5) is 27.3. The van der Waals surface area contributed by atoms with E-state index in [2.05, 4.69) is 20.8 Å². The number of carbonyl (C=O) groups excluding carboxylic acids is 2. The number of hydrogen-bond acceptors (Lipinski definition) is 6. The normalized spacial score (nSPS) is 18.9. The van der Waals surface area contributed by atoms with Crippen LogP contribution >= 0.6 is 11.6 Å². The second-order valence-electron chi connectivity index (χ2n) is 8.65. The van der Waals surface area contributed by atoms with Crippen LogP contribution in [0.5, 0.6) is 0 Å². The molecule has 1 unspecified atom stereocenters. The van der Waals surface area contributed by atoms with E-state index in [1.807, 2.05) is 6.92 Å². The van der Waals surface area contributed by atoms with Crippen LogP contribution in [0.15, 0.2) is 24.5 Å². The zero-order valence-corrected chi connectivity index (χ0v) is 18.3. The Hall–Kier alpha value is -2.52. The fraction of sp³-hybridized carbons (Fsp3) is 0.550. The summed E-state index contributed by atoms with van der Waals surface area (Å²) in [7, 11) is 0. The molecule has 2 aromatic rings. The average molecular weight is 435 g/mol. The van der Waals surface area contributed by atoms with Gasteiger partial charge in [0.1, 0.15) is 18.5 Å². The predicted molar refractivity (Wildman–Crippen MR) is 111 cm³/mol. The topological polar surface area (TPSA) is 113 Å². The molecule has 0 bridgehead atoms. The lowest BCUT2D eigenvalue weighted by Crippen LogP contribution is -2.52. The molecule has 1 aromatic heterocycles. The number of hydrogen-bond donors (Lipinski definition) is 2. The minimum absolute atomic E-state index is 0.267. The Morgan fingerprint density at radius 2 is 2.07 bits per heavy atom. The molecule has 162 valence electrons. The van der Waals surface area contributed by atoms with Gasteiger partial charge in [0, 0.05) is 17.1 Å². The number of nitrogens with zero attached hydrogens (tertiary/aromatic N) is 5. The van der Waals surface area contributed by atoms with Crippen LogP contribution in [0.2, 0.25) is 5.02 Å². The molecule has 1 saturated heterocycles. The number of amides is 2. The Kier molecular flexibility index (Phi) is 6.42. The van der Waals surface area contributed by atoms with Crippen molar-refractivity contribution in [1.82, 2.24) is 30.4 Å². The number of nitrogens with one attached hydrogen (secondary N) is 1. The van der Waals surface area contributed by atoms with Crippen LogP contribution in [0.3, 0.4) is 0 Å². The van der Waals surface area contributed by atoms with Crippen LogP contribution in [-0.2, 0) is 9.59 Å². The molecule has 10 heteroatoms. The van der Waals surface area contributed by atoms with Gasteiger partial charge >= 0.3 is 0 Å². The molecule has 0 spiro atoms. The third-order valence-corrected chi connectivity index (χ3v) is 5.54. The average Bonchev–Trinajstić information content (AvgIpc) is 3.37. The number of halogens is 1. The number of tetrazole rings is 1. The number of benzene rings is 1. The van der Waals surface area contributed by atoms with Gasteiger partial charge < -0.3 is 15.3 Å². The van der Waals surface area contributed by atoms with Crippen molar-refractivity contribution in [1.29, 1.82) is 0 Å². The highest BCUT2D eigenvalue weighted by molar-refractivity contribution is 6.30. The van der Waals surface area contributed by atoms with E-state index in [1.54, 1.807) is 39.0 Å². The number of carbonyl (C=O) groups is 2. The standard InChI is InChI=1S/C20H27ClN6O3/c1-12(14-10-13(21)7-8-15(14)27-11-22-24-25-27)23-18(29)16-6-5-9-26(16)19(30)17(28)20(2,3)4/h7-8,10-12,16-17,28H,5-6,9H2,1-4H3,(H,23,29)/t12?,16-,17-/m0/s1. The summed E-state index contributed by atoms with van der Waals surface area (Å²) in [5.41, 5.74) is 0.837. The van der Waals surface area contributed by atoms with E-state index >= 15 is 0 Å². The van der Waals surface area contributed by atoms with Crippen molar-refractivity contribution in [3.63, 3.8) is 0 Å².